The molecule has 0 saturated carbocycles. The quantitative estimate of drug-likeness (QED) is 0.490. The Morgan fingerprint density at radius 3 is 2.16 bits per heavy atom. The molecule has 4 rings (SSSR count). The summed E-state index contributed by atoms with van der Waals surface area (Å²) in [4.78, 5) is 29.4. The van der Waals surface area contributed by atoms with Crippen molar-refractivity contribution < 1.29 is 19.1 Å². The predicted molar refractivity (Wildman–Crippen MR) is 126 cm³/mol. The van der Waals surface area contributed by atoms with Crippen molar-refractivity contribution in [2.75, 3.05) is 12.0 Å². The van der Waals surface area contributed by atoms with Gasteiger partial charge >= 0.3 is 6.09 Å². The maximum Gasteiger partial charge on any atom is 0.421 e. The minimum atomic E-state index is -1.15. The summed E-state index contributed by atoms with van der Waals surface area (Å²) in [5.74, 6) is 0.336. The van der Waals surface area contributed by atoms with Gasteiger partial charge in [-0.25, -0.2) is 9.69 Å². The highest BCUT2D eigenvalue weighted by Gasteiger charge is 2.55. The van der Waals surface area contributed by atoms with Crippen LogP contribution in [-0.2, 0) is 14.3 Å². The van der Waals surface area contributed by atoms with Gasteiger partial charge in [0, 0.05) is 10.5 Å². The van der Waals surface area contributed by atoms with Gasteiger partial charge in [0.25, 0.3) is 5.91 Å². The van der Waals surface area contributed by atoms with Crippen molar-refractivity contribution in [3.63, 3.8) is 0 Å². The van der Waals surface area contributed by atoms with E-state index in [0.717, 1.165) is 16.0 Å². The zero-order valence-electron chi connectivity index (χ0n) is 18.5. The van der Waals surface area contributed by atoms with Gasteiger partial charge in [-0.2, -0.15) is 0 Å². The number of carbonyl (C=O) groups is 2. The molecule has 0 aliphatic carbocycles. The Morgan fingerprint density at radius 2 is 1.53 bits per heavy atom. The molecule has 1 aliphatic heterocycles. The summed E-state index contributed by atoms with van der Waals surface area (Å²) >= 11 is 1.42. The van der Waals surface area contributed by atoms with Crippen LogP contribution in [0.15, 0.2) is 83.8 Å². The van der Waals surface area contributed by atoms with Gasteiger partial charge in [-0.1, -0.05) is 60.3 Å². The molecule has 0 unspecified atom stereocenters. The summed E-state index contributed by atoms with van der Waals surface area (Å²) in [6, 6.07) is 24.5. The molecule has 1 aliphatic rings. The highest BCUT2D eigenvalue weighted by Crippen LogP contribution is 2.55. The van der Waals surface area contributed by atoms with Crippen molar-refractivity contribution in [3.05, 3.63) is 90.0 Å². The van der Waals surface area contributed by atoms with Crippen molar-refractivity contribution in [1.82, 2.24) is 0 Å². The Balaban J connectivity index is 1.92. The summed E-state index contributed by atoms with van der Waals surface area (Å²) in [6.45, 7) is 5.35. The van der Waals surface area contributed by atoms with E-state index in [-0.39, 0.29) is 5.91 Å². The molecule has 3 aromatic rings. The molecule has 0 bridgehead atoms. The van der Waals surface area contributed by atoms with Crippen LogP contribution in [-0.4, -0.2) is 24.7 Å². The van der Waals surface area contributed by atoms with E-state index in [4.69, 9.17) is 9.47 Å². The first kappa shape index (κ1) is 22.0. The zero-order chi connectivity index (χ0) is 22.9. The summed E-state index contributed by atoms with van der Waals surface area (Å²) in [5.41, 5.74) is 1.31. The molecular weight excluding hydrogens is 422 g/mol. The van der Waals surface area contributed by atoms with Gasteiger partial charge < -0.3 is 9.47 Å². The molecule has 0 aromatic heterocycles. The molecule has 1 atom stereocenters. The minimum Gasteiger partial charge on any atom is -0.497 e. The monoisotopic (exact) mass is 447 g/mol. The average Bonchev–Trinajstić information content (AvgIpc) is 3.02. The maximum absolute atomic E-state index is 14.1. The molecule has 0 radical (unpaired) electrons. The molecule has 1 heterocycles. The van der Waals surface area contributed by atoms with Crippen LogP contribution in [0.4, 0.5) is 10.5 Å². The number of imide groups is 1. The fourth-order valence-electron chi connectivity index (χ4n) is 3.76. The predicted octanol–water partition coefficient (Wildman–Crippen LogP) is 6.01. The molecule has 32 heavy (non-hydrogen) atoms. The zero-order valence-corrected chi connectivity index (χ0v) is 19.3. The maximum atomic E-state index is 14.1. The Hall–Kier alpha value is -3.25. The number of hydrogen-bond acceptors (Lipinski definition) is 5. The van der Waals surface area contributed by atoms with Crippen molar-refractivity contribution in [3.8, 4) is 5.75 Å². The third-order valence-electron chi connectivity index (χ3n) is 5.12. The van der Waals surface area contributed by atoms with Crippen LogP contribution >= 0.6 is 11.8 Å². The molecule has 0 N–H and O–H groups in total. The second-order valence-corrected chi connectivity index (χ2v) is 9.75. The van der Waals surface area contributed by atoms with Gasteiger partial charge in [0.1, 0.15) is 11.4 Å². The first-order valence-corrected chi connectivity index (χ1v) is 11.1. The van der Waals surface area contributed by atoms with E-state index in [0.29, 0.717) is 11.4 Å². The number of nitrogens with zero attached hydrogens (tertiary/aromatic N) is 1. The fourth-order valence-corrected chi connectivity index (χ4v) is 5.13. The fraction of sp³-hybridized carbons (Fsp3) is 0.231. The first-order chi connectivity index (χ1) is 15.3. The van der Waals surface area contributed by atoms with Gasteiger partial charge in [-0.3, -0.25) is 4.79 Å². The highest BCUT2D eigenvalue weighted by molar-refractivity contribution is 8.01. The lowest BCUT2D eigenvalue weighted by Crippen LogP contribution is -2.44. The second-order valence-electron chi connectivity index (χ2n) is 8.46. The lowest BCUT2D eigenvalue weighted by Gasteiger charge is -2.29. The number of amides is 2. The lowest BCUT2D eigenvalue weighted by molar-refractivity contribution is -0.119. The van der Waals surface area contributed by atoms with Crippen LogP contribution in [0.5, 0.6) is 5.75 Å². The number of ether oxygens (including phenoxy) is 2. The van der Waals surface area contributed by atoms with Gasteiger partial charge in [-0.05, 0) is 56.7 Å². The topological polar surface area (TPSA) is 55.8 Å². The van der Waals surface area contributed by atoms with Crippen LogP contribution in [0.25, 0.3) is 0 Å². The molecule has 2 amide bonds. The van der Waals surface area contributed by atoms with Crippen LogP contribution in [0, 0.1) is 0 Å². The van der Waals surface area contributed by atoms with E-state index in [1.54, 1.807) is 33.9 Å². The minimum absolute atomic E-state index is 0.355. The molecule has 0 spiro atoms. The van der Waals surface area contributed by atoms with Gasteiger partial charge in [0.05, 0.1) is 12.8 Å². The van der Waals surface area contributed by atoms with E-state index in [9.17, 15) is 9.59 Å². The van der Waals surface area contributed by atoms with Gasteiger partial charge in [0.2, 0.25) is 0 Å². The van der Waals surface area contributed by atoms with E-state index < -0.39 is 16.4 Å². The molecule has 5 nitrogen and oxygen atoms in total. The molecule has 0 saturated heterocycles. The number of para-hydroxylation sites is 1. The van der Waals surface area contributed by atoms with Crippen molar-refractivity contribution in [1.29, 1.82) is 0 Å². The normalized spacial score (nSPS) is 17.8. The van der Waals surface area contributed by atoms with E-state index in [1.807, 2.05) is 72.8 Å². The van der Waals surface area contributed by atoms with Gasteiger partial charge in [-0.15, -0.1) is 0 Å². The summed E-state index contributed by atoms with van der Waals surface area (Å²) in [7, 11) is 1.60. The number of rotatable bonds is 4. The number of hydrogen-bond donors (Lipinski definition) is 0. The number of thioether (sulfide) groups is 1. The Kier molecular flexibility index (Phi) is 5.73. The highest BCUT2D eigenvalue weighted by atomic mass is 32.2. The largest absolute Gasteiger partial charge is 0.497 e. The lowest BCUT2D eigenvalue weighted by atomic mass is 9.91. The van der Waals surface area contributed by atoms with Crippen LogP contribution in [0.2, 0.25) is 0 Å². The first-order valence-electron chi connectivity index (χ1n) is 10.3. The van der Waals surface area contributed by atoms with Crippen LogP contribution < -0.4 is 9.64 Å². The standard InChI is InChI=1S/C26H25NO4S/c1-25(2,3)31-24(29)27-22-13-9-8-12-21(22)26(23(27)28,32-20-10-6-5-7-11-20)18-14-16-19(30-4)17-15-18/h5-17H,1-4H3/t26-/m1/s1. The molecular formula is C26H25NO4S. The summed E-state index contributed by atoms with van der Waals surface area (Å²) < 4.78 is 9.77. The number of methoxy groups -OCH3 is 1. The Bertz CT molecular complexity index is 1140. The number of carbonyl (C=O) groups excluding carboxylic acids is 2. The third-order valence-corrected chi connectivity index (χ3v) is 6.56. The smallest absolute Gasteiger partial charge is 0.421 e. The molecule has 164 valence electrons. The Labute approximate surface area is 192 Å². The van der Waals surface area contributed by atoms with E-state index in [1.165, 1.54) is 16.7 Å². The molecule has 3 aromatic carbocycles. The van der Waals surface area contributed by atoms with Gasteiger partial charge in [0.15, 0.2) is 4.75 Å². The Morgan fingerprint density at radius 1 is 0.906 bits per heavy atom. The third kappa shape index (κ3) is 3.86. The van der Waals surface area contributed by atoms with Crippen molar-refractivity contribution in [2.24, 2.45) is 0 Å². The van der Waals surface area contributed by atoms with E-state index >= 15 is 0 Å². The second kappa shape index (κ2) is 8.36. The molecule has 0 fully saturated rings. The van der Waals surface area contributed by atoms with Crippen LogP contribution in [0.1, 0.15) is 31.9 Å². The van der Waals surface area contributed by atoms with Crippen molar-refractivity contribution in [2.45, 2.75) is 36.0 Å². The summed E-state index contributed by atoms with van der Waals surface area (Å²) in [5, 5.41) is 0. The summed E-state index contributed by atoms with van der Waals surface area (Å²) in [6.07, 6.45) is -0.681. The van der Waals surface area contributed by atoms with E-state index in [2.05, 4.69) is 0 Å². The molecule has 6 heteroatoms. The number of fused-ring (bicyclic) bond motifs is 1. The number of anilines is 1. The number of benzene rings is 3. The van der Waals surface area contributed by atoms with Crippen LogP contribution in [0.3, 0.4) is 0 Å². The SMILES string of the molecule is COc1ccc([C@]2(Sc3ccccc3)C(=O)N(C(=O)OC(C)(C)C)c3ccccc32)cc1. The average molecular weight is 448 g/mol. The van der Waals surface area contributed by atoms with Crippen molar-refractivity contribution >= 4 is 29.4 Å².